The molecule has 0 aliphatic carbocycles. The summed E-state index contributed by atoms with van der Waals surface area (Å²) in [4.78, 5) is 37.8. The first-order valence-electron chi connectivity index (χ1n) is 33.8. The lowest BCUT2D eigenvalue weighted by molar-refractivity contribution is -0.870. The van der Waals surface area contributed by atoms with E-state index in [1.165, 1.54) is 180 Å². The van der Waals surface area contributed by atoms with Crippen molar-refractivity contribution < 1.29 is 37.3 Å². The summed E-state index contributed by atoms with van der Waals surface area (Å²) in [5.41, 5.74) is 0. The Bertz CT molecular complexity index is 1600. The van der Waals surface area contributed by atoms with E-state index in [1.807, 2.05) is 33.3 Å². The van der Waals surface area contributed by atoms with Crippen LogP contribution in [0.5, 0.6) is 0 Å². The fourth-order valence-electron chi connectivity index (χ4n) is 9.73. The number of likely N-dealkylation sites (N-methyl/N-ethyl adjacent to an activating group) is 1. The van der Waals surface area contributed by atoms with E-state index in [9.17, 15) is 19.0 Å². The molecular weight excluding hydrogens is 1010 g/mol. The second kappa shape index (κ2) is 59.6. The minimum Gasteiger partial charge on any atom is -0.456 e. The van der Waals surface area contributed by atoms with Gasteiger partial charge >= 0.3 is 13.8 Å². The standard InChI is InChI=1S/C70H129N2O7P/c1-7-10-13-16-19-22-25-28-30-32-34-35-36-37-39-40-42-44-47-50-53-56-59-62-69(73)71-67(66-78-80(75,76)77-65-64-72(4,5)6)68(61-58-55-52-49-46-27-24-21-18-15-12-9-3)79-70(74)63-60-57-54-51-48-45-43-41-38-33-31-29-26-23-20-17-14-11-8-2/h11,14,20,23,29,31,38,41,45,48,58,61,67-68H,7-10,12-13,15-19,21-22,24-28,30,32-37,39-40,42-44,46-47,49-57,59-60,62-66H2,1-6H3,(H-,71,73,75,76)/p+1/b14-11-,23-20-,31-29-,41-38-,48-45-,61-58+. The summed E-state index contributed by atoms with van der Waals surface area (Å²) >= 11 is 0. The number of carbonyl (C=O) groups excluding carboxylic acids is 2. The van der Waals surface area contributed by atoms with Crippen LogP contribution in [-0.2, 0) is 27.9 Å². The quantitative estimate of drug-likeness (QED) is 0.0205. The highest BCUT2D eigenvalue weighted by atomic mass is 31.2. The number of hydrogen-bond donors (Lipinski definition) is 2. The molecule has 0 aliphatic rings. The molecule has 0 aromatic rings. The Balaban J connectivity index is 5.16. The van der Waals surface area contributed by atoms with E-state index in [0.717, 1.165) is 89.9 Å². The van der Waals surface area contributed by atoms with Crippen molar-refractivity contribution in [1.82, 2.24) is 5.32 Å². The molecule has 0 fully saturated rings. The number of phosphoric acid groups is 1. The summed E-state index contributed by atoms with van der Waals surface area (Å²) in [6, 6.07) is -0.863. The molecule has 0 radical (unpaired) electrons. The van der Waals surface area contributed by atoms with Crippen LogP contribution in [-0.4, -0.2) is 74.3 Å². The number of amides is 1. The lowest BCUT2D eigenvalue weighted by atomic mass is 10.0. The molecule has 0 aliphatic heterocycles. The molecule has 0 heterocycles. The van der Waals surface area contributed by atoms with Gasteiger partial charge < -0.3 is 19.4 Å². The normalized spacial score (nSPS) is 14.0. The van der Waals surface area contributed by atoms with Crippen molar-refractivity contribution in [2.45, 2.75) is 322 Å². The van der Waals surface area contributed by atoms with Crippen molar-refractivity contribution in [2.75, 3.05) is 40.9 Å². The molecule has 9 nitrogen and oxygen atoms in total. The predicted molar refractivity (Wildman–Crippen MR) is 346 cm³/mol. The second-order valence-electron chi connectivity index (χ2n) is 24.0. The van der Waals surface area contributed by atoms with Crippen LogP contribution in [0.2, 0.25) is 0 Å². The van der Waals surface area contributed by atoms with Crippen LogP contribution in [0, 0.1) is 0 Å². The number of carbonyl (C=O) groups is 2. The number of esters is 1. The Morgan fingerprint density at radius 3 is 1.21 bits per heavy atom. The van der Waals surface area contributed by atoms with Crippen molar-refractivity contribution in [3.05, 3.63) is 72.9 Å². The molecule has 1 amide bonds. The molecule has 0 saturated heterocycles. The van der Waals surface area contributed by atoms with Gasteiger partial charge in [-0.3, -0.25) is 18.6 Å². The van der Waals surface area contributed by atoms with Crippen LogP contribution in [0.1, 0.15) is 310 Å². The van der Waals surface area contributed by atoms with Crippen LogP contribution >= 0.6 is 7.82 Å². The first kappa shape index (κ1) is 77.5. The molecule has 466 valence electrons. The number of phosphoric ester groups is 1. The van der Waals surface area contributed by atoms with Gasteiger partial charge in [0.25, 0.3) is 0 Å². The fourth-order valence-corrected chi connectivity index (χ4v) is 10.5. The minimum atomic E-state index is -4.46. The Hall–Kier alpha value is -2.55. The zero-order valence-electron chi connectivity index (χ0n) is 53.3. The summed E-state index contributed by atoms with van der Waals surface area (Å²) in [6.45, 7) is 6.91. The van der Waals surface area contributed by atoms with Crippen LogP contribution in [0.3, 0.4) is 0 Å². The molecule has 3 unspecified atom stereocenters. The Labute approximate surface area is 495 Å². The maximum absolute atomic E-state index is 13.6. The van der Waals surface area contributed by atoms with E-state index in [4.69, 9.17) is 13.8 Å². The largest absolute Gasteiger partial charge is 0.472 e. The number of nitrogens with zero attached hydrogens (tertiary/aromatic N) is 1. The molecule has 10 heteroatoms. The van der Waals surface area contributed by atoms with Crippen molar-refractivity contribution in [3.63, 3.8) is 0 Å². The molecule has 0 rings (SSSR count). The topological polar surface area (TPSA) is 111 Å². The molecule has 0 spiro atoms. The molecule has 0 aromatic heterocycles. The number of rotatable bonds is 61. The van der Waals surface area contributed by atoms with Crippen molar-refractivity contribution >= 4 is 19.7 Å². The highest BCUT2D eigenvalue weighted by molar-refractivity contribution is 7.47. The third kappa shape index (κ3) is 60.1. The van der Waals surface area contributed by atoms with Crippen molar-refractivity contribution in [2.24, 2.45) is 0 Å². The second-order valence-corrected chi connectivity index (χ2v) is 25.4. The van der Waals surface area contributed by atoms with Gasteiger partial charge in [0.1, 0.15) is 19.3 Å². The number of nitrogens with one attached hydrogen (secondary N) is 1. The van der Waals surface area contributed by atoms with Gasteiger partial charge in [-0.05, 0) is 76.7 Å². The monoisotopic (exact) mass is 1140 g/mol. The molecule has 80 heavy (non-hydrogen) atoms. The molecule has 0 saturated carbocycles. The SMILES string of the molecule is CC/C=C\C/C=C\C/C=C\C/C=C\C/C=C\CCCCCC(=O)OC(/C=C/CCCCCCCCCCCC)C(COP(=O)(O)OCC[N+](C)(C)C)NC(=O)CCCCCCCCCCCCCCCCCCCCCCCCC. The fraction of sp³-hybridized carbons (Fsp3) is 0.800. The van der Waals surface area contributed by atoms with Crippen LogP contribution < -0.4 is 5.32 Å². The van der Waals surface area contributed by atoms with Gasteiger partial charge in [-0.25, -0.2) is 4.57 Å². The Morgan fingerprint density at radius 1 is 0.450 bits per heavy atom. The van der Waals surface area contributed by atoms with Gasteiger partial charge in [0, 0.05) is 12.8 Å². The smallest absolute Gasteiger partial charge is 0.456 e. The first-order chi connectivity index (χ1) is 38.9. The lowest BCUT2D eigenvalue weighted by Crippen LogP contribution is -2.47. The number of unbranched alkanes of at least 4 members (excludes halogenated alkanes) is 35. The first-order valence-corrected chi connectivity index (χ1v) is 35.3. The van der Waals surface area contributed by atoms with Gasteiger partial charge in [0.15, 0.2) is 0 Å². The van der Waals surface area contributed by atoms with E-state index >= 15 is 0 Å². The highest BCUT2D eigenvalue weighted by Gasteiger charge is 2.30. The van der Waals surface area contributed by atoms with E-state index in [-0.39, 0.29) is 31.5 Å². The Morgan fingerprint density at radius 2 is 0.800 bits per heavy atom. The lowest BCUT2D eigenvalue weighted by Gasteiger charge is -2.27. The summed E-state index contributed by atoms with van der Waals surface area (Å²) < 4.78 is 30.7. The molecule has 0 aromatic carbocycles. The van der Waals surface area contributed by atoms with Crippen LogP contribution in [0.15, 0.2) is 72.9 Å². The number of allylic oxidation sites excluding steroid dienone is 11. The maximum atomic E-state index is 13.6. The maximum Gasteiger partial charge on any atom is 0.472 e. The number of ether oxygens (including phenoxy) is 1. The van der Waals surface area contributed by atoms with E-state index < -0.39 is 20.0 Å². The average molecular weight is 1140 g/mol. The van der Waals surface area contributed by atoms with Gasteiger partial charge in [-0.1, -0.05) is 293 Å². The zero-order chi connectivity index (χ0) is 58.6. The summed E-state index contributed by atoms with van der Waals surface area (Å²) in [5, 5.41) is 3.06. The predicted octanol–water partition coefficient (Wildman–Crippen LogP) is 21.2. The van der Waals surface area contributed by atoms with E-state index in [2.05, 4.69) is 86.8 Å². The summed E-state index contributed by atoms with van der Waals surface area (Å²) in [5.74, 6) is -0.533. The molecule has 0 bridgehead atoms. The van der Waals surface area contributed by atoms with Gasteiger partial charge in [0.2, 0.25) is 5.91 Å². The van der Waals surface area contributed by atoms with Crippen molar-refractivity contribution in [1.29, 1.82) is 0 Å². The van der Waals surface area contributed by atoms with Gasteiger partial charge in [-0.2, -0.15) is 0 Å². The zero-order valence-corrected chi connectivity index (χ0v) is 54.2. The third-order valence-corrected chi connectivity index (χ3v) is 15.9. The Kier molecular flexibility index (Phi) is 57.7. The number of hydrogen-bond acceptors (Lipinski definition) is 6. The van der Waals surface area contributed by atoms with Gasteiger partial charge in [0.05, 0.1) is 33.8 Å². The van der Waals surface area contributed by atoms with Crippen molar-refractivity contribution in [3.8, 4) is 0 Å². The molecular formula is C70H130N2O7P+. The molecule has 2 N–H and O–H groups in total. The van der Waals surface area contributed by atoms with Crippen LogP contribution in [0.25, 0.3) is 0 Å². The van der Waals surface area contributed by atoms with Gasteiger partial charge in [-0.15, -0.1) is 0 Å². The average Bonchev–Trinajstić information content (AvgIpc) is 3.43. The third-order valence-electron chi connectivity index (χ3n) is 14.9. The highest BCUT2D eigenvalue weighted by Crippen LogP contribution is 2.43. The summed E-state index contributed by atoms with van der Waals surface area (Å²) in [7, 11) is 1.48. The number of quaternary nitrogens is 1. The van der Waals surface area contributed by atoms with E-state index in [0.29, 0.717) is 23.9 Å². The molecule has 3 atom stereocenters. The van der Waals surface area contributed by atoms with E-state index in [1.54, 1.807) is 0 Å². The van der Waals surface area contributed by atoms with Crippen LogP contribution in [0.4, 0.5) is 0 Å². The minimum absolute atomic E-state index is 0.0338. The summed E-state index contributed by atoms with van der Waals surface area (Å²) in [6.07, 6.45) is 77.7.